The molecule has 166 valence electrons. The molecule has 0 unspecified atom stereocenters. The highest BCUT2D eigenvalue weighted by Gasteiger charge is 2.19. The molecule has 0 heterocycles. The predicted octanol–water partition coefficient (Wildman–Crippen LogP) is 5.32. The number of nitrogens with one attached hydrogen (secondary N) is 2. The molecule has 6 heteroatoms. The monoisotopic (exact) mass is 456 g/mol. The fourth-order valence-electron chi connectivity index (χ4n) is 3.52. The van der Waals surface area contributed by atoms with E-state index in [1.54, 1.807) is 36.4 Å². The molecule has 0 aromatic heterocycles. The maximum Gasteiger partial charge on any atom is 0.261 e. The van der Waals surface area contributed by atoms with Crippen LogP contribution in [0.4, 0.5) is 5.69 Å². The molecule has 0 saturated heterocycles. The van der Waals surface area contributed by atoms with Crippen molar-refractivity contribution in [2.24, 2.45) is 0 Å². The van der Waals surface area contributed by atoms with Crippen LogP contribution in [0, 0.1) is 6.92 Å². The smallest absolute Gasteiger partial charge is 0.261 e. The van der Waals surface area contributed by atoms with Gasteiger partial charge >= 0.3 is 0 Å². The number of benzene rings is 4. The van der Waals surface area contributed by atoms with Crippen molar-refractivity contribution in [2.45, 2.75) is 17.9 Å². The Kier molecular flexibility index (Phi) is 6.56. The van der Waals surface area contributed by atoms with Crippen LogP contribution in [0.25, 0.3) is 0 Å². The van der Waals surface area contributed by atoms with Crippen molar-refractivity contribution >= 4 is 21.6 Å². The summed E-state index contributed by atoms with van der Waals surface area (Å²) in [4.78, 5) is 13.3. The Labute approximate surface area is 194 Å². The molecule has 0 aliphatic rings. The number of hydrogen-bond acceptors (Lipinski definition) is 3. The van der Waals surface area contributed by atoms with E-state index in [4.69, 9.17) is 0 Å². The first-order chi connectivity index (χ1) is 15.9. The number of aryl methyl sites for hydroxylation is 1. The predicted molar refractivity (Wildman–Crippen MR) is 131 cm³/mol. The lowest BCUT2D eigenvalue weighted by atomic mass is 9.97. The summed E-state index contributed by atoms with van der Waals surface area (Å²) in [5.41, 5.74) is 3.72. The number of amides is 1. The number of rotatable bonds is 7. The lowest BCUT2D eigenvalue weighted by Gasteiger charge is -2.20. The van der Waals surface area contributed by atoms with Gasteiger partial charge in [0.2, 0.25) is 0 Å². The van der Waals surface area contributed by atoms with Crippen LogP contribution >= 0.6 is 0 Å². The van der Waals surface area contributed by atoms with Crippen LogP contribution in [0.2, 0.25) is 0 Å². The molecule has 4 rings (SSSR count). The van der Waals surface area contributed by atoms with E-state index in [0.29, 0.717) is 11.3 Å². The molecule has 1 amide bonds. The van der Waals surface area contributed by atoms with Gasteiger partial charge in [0, 0.05) is 11.3 Å². The Morgan fingerprint density at radius 2 is 1.33 bits per heavy atom. The van der Waals surface area contributed by atoms with Gasteiger partial charge in [-0.05, 0) is 48.4 Å². The van der Waals surface area contributed by atoms with Crippen LogP contribution in [0.1, 0.15) is 33.1 Å². The summed E-state index contributed by atoms with van der Waals surface area (Å²) in [5, 5.41) is 3.09. The molecule has 0 aliphatic heterocycles. The molecule has 0 saturated carbocycles. The second-order valence-electron chi connectivity index (χ2n) is 7.73. The van der Waals surface area contributed by atoms with E-state index in [1.165, 1.54) is 18.2 Å². The van der Waals surface area contributed by atoms with Crippen molar-refractivity contribution in [2.75, 3.05) is 4.72 Å². The molecule has 5 nitrogen and oxygen atoms in total. The minimum atomic E-state index is -3.75. The number of carbonyl (C=O) groups excluding carboxylic acids is 1. The molecule has 0 spiro atoms. The summed E-state index contributed by atoms with van der Waals surface area (Å²) in [6.07, 6.45) is 0. The van der Waals surface area contributed by atoms with E-state index in [2.05, 4.69) is 10.0 Å². The van der Waals surface area contributed by atoms with Crippen molar-refractivity contribution in [1.82, 2.24) is 5.32 Å². The molecular weight excluding hydrogens is 432 g/mol. The van der Waals surface area contributed by atoms with Crippen LogP contribution < -0.4 is 10.0 Å². The van der Waals surface area contributed by atoms with Crippen LogP contribution in [0.3, 0.4) is 0 Å². The quantitative estimate of drug-likeness (QED) is 0.395. The van der Waals surface area contributed by atoms with E-state index in [-0.39, 0.29) is 16.8 Å². The standard InChI is InChI=1S/C27H24N2O3S/c1-20-15-17-22(18-16-20)26(21-9-4-2-5-10-21)28-27(30)23-11-8-12-24(19-23)29-33(31,32)25-13-6-3-7-14-25/h2-19,26,29H,1H3,(H,28,30)/t26-/m0/s1. The second-order valence-corrected chi connectivity index (χ2v) is 9.41. The maximum absolute atomic E-state index is 13.2. The van der Waals surface area contributed by atoms with Crippen molar-refractivity contribution in [3.63, 3.8) is 0 Å². The van der Waals surface area contributed by atoms with Crippen LogP contribution in [0.15, 0.2) is 114 Å². The van der Waals surface area contributed by atoms with Crippen molar-refractivity contribution < 1.29 is 13.2 Å². The van der Waals surface area contributed by atoms with Gasteiger partial charge in [0.1, 0.15) is 0 Å². The third kappa shape index (κ3) is 5.48. The zero-order valence-electron chi connectivity index (χ0n) is 18.1. The Morgan fingerprint density at radius 1 is 0.727 bits per heavy atom. The molecular formula is C27H24N2O3S. The number of sulfonamides is 1. The fourth-order valence-corrected chi connectivity index (χ4v) is 4.59. The molecule has 0 radical (unpaired) electrons. The first-order valence-electron chi connectivity index (χ1n) is 10.5. The summed E-state index contributed by atoms with van der Waals surface area (Å²) in [5.74, 6) is -0.301. The van der Waals surface area contributed by atoms with Gasteiger partial charge in [-0.25, -0.2) is 8.42 Å². The summed E-state index contributed by atoms with van der Waals surface area (Å²) >= 11 is 0. The molecule has 33 heavy (non-hydrogen) atoms. The number of hydrogen-bond donors (Lipinski definition) is 2. The summed E-state index contributed by atoms with van der Waals surface area (Å²) < 4.78 is 27.8. The zero-order chi connectivity index (χ0) is 23.3. The lowest BCUT2D eigenvalue weighted by molar-refractivity contribution is 0.0943. The molecule has 0 fully saturated rings. The Bertz CT molecular complexity index is 1340. The van der Waals surface area contributed by atoms with Gasteiger partial charge < -0.3 is 5.32 Å². The topological polar surface area (TPSA) is 75.3 Å². The average Bonchev–Trinajstić information content (AvgIpc) is 2.84. The second kappa shape index (κ2) is 9.71. The highest BCUT2D eigenvalue weighted by atomic mass is 32.2. The number of anilines is 1. The van der Waals surface area contributed by atoms with Crippen molar-refractivity contribution in [3.8, 4) is 0 Å². The maximum atomic E-state index is 13.2. The minimum absolute atomic E-state index is 0.156. The van der Waals surface area contributed by atoms with Gasteiger partial charge in [0.05, 0.1) is 10.9 Å². The van der Waals surface area contributed by atoms with E-state index < -0.39 is 10.0 Å². The van der Waals surface area contributed by atoms with Crippen molar-refractivity contribution in [3.05, 3.63) is 131 Å². The highest BCUT2D eigenvalue weighted by molar-refractivity contribution is 7.92. The van der Waals surface area contributed by atoms with Crippen LogP contribution in [-0.4, -0.2) is 14.3 Å². The first-order valence-corrected chi connectivity index (χ1v) is 12.0. The molecule has 1 atom stereocenters. The Hall–Kier alpha value is -3.90. The number of carbonyl (C=O) groups is 1. The lowest BCUT2D eigenvalue weighted by Crippen LogP contribution is -2.29. The molecule has 4 aromatic carbocycles. The van der Waals surface area contributed by atoms with Gasteiger partial charge in [-0.2, -0.15) is 0 Å². The summed E-state index contributed by atoms with van der Waals surface area (Å²) in [7, 11) is -3.75. The summed E-state index contributed by atoms with van der Waals surface area (Å²) in [6, 6.07) is 32.0. The zero-order valence-corrected chi connectivity index (χ0v) is 18.9. The molecule has 0 bridgehead atoms. The van der Waals surface area contributed by atoms with Crippen LogP contribution in [-0.2, 0) is 10.0 Å². The minimum Gasteiger partial charge on any atom is -0.341 e. The van der Waals surface area contributed by atoms with Gasteiger partial charge in [0.15, 0.2) is 0 Å². The van der Waals surface area contributed by atoms with E-state index >= 15 is 0 Å². The average molecular weight is 457 g/mol. The van der Waals surface area contributed by atoms with Gasteiger partial charge in [-0.15, -0.1) is 0 Å². The summed E-state index contributed by atoms with van der Waals surface area (Å²) in [6.45, 7) is 2.02. The molecule has 4 aromatic rings. The molecule has 2 N–H and O–H groups in total. The fraction of sp³-hybridized carbons (Fsp3) is 0.0741. The van der Waals surface area contributed by atoms with E-state index in [0.717, 1.165) is 16.7 Å². The van der Waals surface area contributed by atoms with Crippen molar-refractivity contribution in [1.29, 1.82) is 0 Å². The molecule has 0 aliphatic carbocycles. The first kappa shape index (κ1) is 22.3. The van der Waals surface area contributed by atoms with E-state index in [9.17, 15) is 13.2 Å². The largest absolute Gasteiger partial charge is 0.341 e. The van der Waals surface area contributed by atoms with Gasteiger partial charge in [-0.3, -0.25) is 9.52 Å². The third-order valence-electron chi connectivity index (χ3n) is 5.25. The SMILES string of the molecule is Cc1ccc([C@@H](NC(=O)c2cccc(NS(=O)(=O)c3ccccc3)c2)c2ccccc2)cc1. The highest BCUT2D eigenvalue weighted by Crippen LogP contribution is 2.24. The van der Waals surface area contributed by atoms with Gasteiger partial charge in [-0.1, -0.05) is 84.4 Å². The third-order valence-corrected chi connectivity index (χ3v) is 6.65. The van der Waals surface area contributed by atoms with Crippen LogP contribution in [0.5, 0.6) is 0 Å². The Balaban J connectivity index is 1.58. The normalized spacial score (nSPS) is 12.0. The Morgan fingerprint density at radius 3 is 2.00 bits per heavy atom. The van der Waals surface area contributed by atoms with Gasteiger partial charge in [0.25, 0.3) is 15.9 Å². The van der Waals surface area contributed by atoms with E-state index in [1.807, 2.05) is 61.5 Å².